The molecule has 0 saturated heterocycles. The van der Waals surface area contributed by atoms with Crippen molar-refractivity contribution in [2.45, 2.75) is 13.0 Å². The molecule has 0 aromatic carbocycles. The maximum Gasteiger partial charge on any atom is 0.225 e. The number of nitrogens with zero attached hydrogens (tertiary/aromatic N) is 3. The van der Waals surface area contributed by atoms with Crippen molar-refractivity contribution in [2.75, 3.05) is 18.5 Å². The zero-order valence-electron chi connectivity index (χ0n) is 7.61. The molecule has 5 heteroatoms. The maximum atomic E-state index is 12.4. The van der Waals surface area contributed by atoms with Crippen molar-refractivity contribution >= 4 is 5.95 Å². The molecular weight excluding hydrogens is 173 g/mol. The quantitative estimate of drug-likeness (QED) is 0.742. The second-order valence-corrected chi connectivity index (χ2v) is 2.93. The molecule has 1 aromatic heterocycles. The Morgan fingerprint density at radius 2 is 2.08 bits per heavy atom. The Kier molecular flexibility index (Phi) is 3.13. The average molecular weight is 185 g/mol. The minimum Gasteiger partial charge on any atom is -0.392 e. The van der Waals surface area contributed by atoms with Crippen LogP contribution in [0.2, 0.25) is 0 Å². The minimum atomic E-state index is -0.464. The molecule has 0 aliphatic heterocycles. The van der Waals surface area contributed by atoms with Gasteiger partial charge in [-0.1, -0.05) is 0 Å². The summed E-state index contributed by atoms with van der Waals surface area (Å²) >= 11 is 0. The van der Waals surface area contributed by atoms with Crippen molar-refractivity contribution in [3.8, 4) is 0 Å². The van der Waals surface area contributed by atoms with E-state index >= 15 is 0 Å². The van der Waals surface area contributed by atoms with Gasteiger partial charge in [-0.15, -0.1) is 0 Å². The number of likely N-dealkylation sites (N-methyl/N-ethyl adjacent to an activating group) is 1. The third-order valence-electron chi connectivity index (χ3n) is 1.49. The third kappa shape index (κ3) is 2.95. The van der Waals surface area contributed by atoms with E-state index in [0.29, 0.717) is 12.5 Å². The van der Waals surface area contributed by atoms with E-state index in [1.165, 1.54) is 0 Å². The molecule has 13 heavy (non-hydrogen) atoms. The predicted molar refractivity (Wildman–Crippen MR) is 46.9 cm³/mol. The van der Waals surface area contributed by atoms with E-state index in [0.717, 1.165) is 12.4 Å². The van der Waals surface area contributed by atoms with Gasteiger partial charge in [-0.25, -0.2) is 14.4 Å². The van der Waals surface area contributed by atoms with E-state index in [4.69, 9.17) is 5.11 Å². The smallest absolute Gasteiger partial charge is 0.225 e. The first-order valence-corrected chi connectivity index (χ1v) is 3.96. The van der Waals surface area contributed by atoms with Gasteiger partial charge in [-0.2, -0.15) is 0 Å². The van der Waals surface area contributed by atoms with Gasteiger partial charge in [0.15, 0.2) is 5.82 Å². The van der Waals surface area contributed by atoms with Gasteiger partial charge in [0.05, 0.1) is 18.5 Å². The van der Waals surface area contributed by atoms with Crippen molar-refractivity contribution < 1.29 is 9.50 Å². The van der Waals surface area contributed by atoms with Crippen molar-refractivity contribution in [3.05, 3.63) is 18.2 Å². The number of aliphatic hydroxyl groups is 1. The Morgan fingerprint density at radius 3 is 2.54 bits per heavy atom. The first-order chi connectivity index (χ1) is 6.09. The molecular formula is C8H12FN3O. The molecule has 0 spiro atoms. The molecule has 1 atom stereocenters. The highest BCUT2D eigenvalue weighted by Crippen LogP contribution is 2.04. The Morgan fingerprint density at radius 1 is 1.54 bits per heavy atom. The second-order valence-electron chi connectivity index (χ2n) is 2.93. The highest BCUT2D eigenvalue weighted by molar-refractivity contribution is 5.26. The first-order valence-electron chi connectivity index (χ1n) is 3.96. The predicted octanol–water partition coefficient (Wildman–Crippen LogP) is 0.433. The lowest BCUT2D eigenvalue weighted by Crippen LogP contribution is -2.28. The number of rotatable bonds is 3. The lowest BCUT2D eigenvalue weighted by Gasteiger charge is -2.17. The first kappa shape index (κ1) is 9.85. The summed E-state index contributed by atoms with van der Waals surface area (Å²) in [7, 11) is 1.74. The van der Waals surface area contributed by atoms with Gasteiger partial charge in [0.25, 0.3) is 0 Å². The minimum absolute atomic E-state index is 0.405. The van der Waals surface area contributed by atoms with Gasteiger partial charge in [0.2, 0.25) is 5.95 Å². The lowest BCUT2D eigenvalue weighted by molar-refractivity contribution is 0.201. The van der Waals surface area contributed by atoms with E-state index in [-0.39, 0.29) is 0 Å². The molecule has 0 amide bonds. The largest absolute Gasteiger partial charge is 0.392 e. The number of aromatic nitrogens is 2. The molecule has 0 radical (unpaired) electrons. The Hall–Kier alpha value is -1.23. The monoisotopic (exact) mass is 185 g/mol. The van der Waals surface area contributed by atoms with Crippen LogP contribution in [0.1, 0.15) is 6.92 Å². The van der Waals surface area contributed by atoms with Crippen molar-refractivity contribution in [1.82, 2.24) is 9.97 Å². The molecule has 1 rings (SSSR count). The normalized spacial score (nSPS) is 12.6. The fraction of sp³-hybridized carbons (Fsp3) is 0.500. The summed E-state index contributed by atoms with van der Waals surface area (Å²) in [4.78, 5) is 9.18. The molecule has 72 valence electrons. The number of halogens is 1. The molecule has 1 N–H and O–H groups in total. The Balaban J connectivity index is 2.66. The molecule has 1 aromatic rings. The third-order valence-corrected chi connectivity index (χ3v) is 1.49. The van der Waals surface area contributed by atoms with Gasteiger partial charge in [-0.3, -0.25) is 0 Å². The van der Waals surface area contributed by atoms with Crippen LogP contribution in [0, 0.1) is 5.82 Å². The molecule has 0 fully saturated rings. The summed E-state index contributed by atoms with van der Waals surface area (Å²) in [6, 6.07) is 0. The zero-order chi connectivity index (χ0) is 9.84. The van der Waals surface area contributed by atoms with Crippen LogP contribution in [-0.2, 0) is 0 Å². The van der Waals surface area contributed by atoms with E-state index in [9.17, 15) is 4.39 Å². The highest BCUT2D eigenvalue weighted by Gasteiger charge is 2.06. The van der Waals surface area contributed by atoms with Gasteiger partial charge in [-0.05, 0) is 6.92 Å². The fourth-order valence-electron chi connectivity index (χ4n) is 0.981. The highest BCUT2D eigenvalue weighted by atomic mass is 19.1. The van der Waals surface area contributed by atoms with Crippen molar-refractivity contribution in [3.63, 3.8) is 0 Å². The lowest BCUT2D eigenvalue weighted by atomic mass is 10.4. The van der Waals surface area contributed by atoms with Crippen molar-refractivity contribution in [2.24, 2.45) is 0 Å². The van der Waals surface area contributed by atoms with Gasteiger partial charge >= 0.3 is 0 Å². The molecule has 0 saturated carbocycles. The van der Waals surface area contributed by atoms with Crippen LogP contribution in [0.3, 0.4) is 0 Å². The molecule has 4 nitrogen and oxygen atoms in total. The summed E-state index contributed by atoms with van der Waals surface area (Å²) in [5.74, 6) is -0.0588. The molecule has 1 unspecified atom stereocenters. The molecule has 0 aliphatic rings. The Bertz CT molecular complexity index is 263. The van der Waals surface area contributed by atoms with E-state index in [1.54, 1.807) is 18.9 Å². The Labute approximate surface area is 76.1 Å². The zero-order valence-corrected chi connectivity index (χ0v) is 7.61. The van der Waals surface area contributed by atoms with Gasteiger partial charge in [0.1, 0.15) is 0 Å². The van der Waals surface area contributed by atoms with Crippen LogP contribution in [0.15, 0.2) is 12.4 Å². The molecule has 0 aliphatic carbocycles. The fourth-order valence-corrected chi connectivity index (χ4v) is 0.981. The number of hydrogen-bond donors (Lipinski definition) is 1. The second kappa shape index (κ2) is 4.13. The van der Waals surface area contributed by atoms with Crippen LogP contribution in [0.5, 0.6) is 0 Å². The van der Waals surface area contributed by atoms with E-state index in [1.807, 2.05) is 0 Å². The van der Waals surface area contributed by atoms with Crippen LogP contribution in [-0.4, -0.2) is 34.8 Å². The van der Waals surface area contributed by atoms with E-state index < -0.39 is 11.9 Å². The SMILES string of the molecule is CC(O)CN(C)c1ncc(F)cn1. The summed E-state index contributed by atoms with van der Waals surface area (Å²) < 4.78 is 12.4. The van der Waals surface area contributed by atoms with Gasteiger partial charge < -0.3 is 10.0 Å². The summed E-state index contributed by atoms with van der Waals surface area (Å²) in [6.45, 7) is 2.09. The van der Waals surface area contributed by atoms with Crippen LogP contribution < -0.4 is 4.90 Å². The summed E-state index contributed by atoms with van der Waals surface area (Å²) in [5.41, 5.74) is 0. The van der Waals surface area contributed by atoms with Crippen LogP contribution in [0.4, 0.5) is 10.3 Å². The maximum absolute atomic E-state index is 12.4. The number of hydrogen-bond acceptors (Lipinski definition) is 4. The van der Waals surface area contributed by atoms with E-state index in [2.05, 4.69) is 9.97 Å². The summed E-state index contributed by atoms with van der Waals surface area (Å²) in [5, 5.41) is 9.07. The topological polar surface area (TPSA) is 49.2 Å². The number of aliphatic hydroxyl groups excluding tert-OH is 1. The van der Waals surface area contributed by atoms with Gasteiger partial charge in [0, 0.05) is 13.6 Å². The standard InChI is InChI=1S/C8H12FN3O/c1-6(13)5-12(2)8-10-3-7(9)4-11-8/h3-4,6,13H,5H2,1-2H3. The average Bonchev–Trinajstić information content (AvgIpc) is 2.04. The molecule has 0 bridgehead atoms. The van der Waals surface area contributed by atoms with Crippen LogP contribution >= 0.6 is 0 Å². The molecule has 1 heterocycles. The summed E-state index contributed by atoms with van der Waals surface area (Å²) in [6.07, 6.45) is 1.74. The van der Waals surface area contributed by atoms with Crippen LogP contribution in [0.25, 0.3) is 0 Å². The van der Waals surface area contributed by atoms with Crippen molar-refractivity contribution in [1.29, 1.82) is 0 Å². The number of anilines is 1.